The Morgan fingerprint density at radius 2 is 1.94 bits per heavy atom. The standard InChI is InChI=1S/C23H25ClF2N4O4S2/c1-11(2)30-36(33,34)13-5-3-12(4-6-13)19-16(23(31)32)20(14-7-8-15(25)18(26)17(14)24)29-21(28-19)22-27-9-10-35-22/h7-13,20,30H,3-6H2,1-2H3,(H,28,29)(H,31,32). The number of carbonyl (C=O) groups is 1. The number of aliphatic imine (C=N–C) groups is 1. The van der Waals surface area contributed by atoms with Crippen molar-refractivity contribution in [3.8, 4) is 0 Å². The van der Waals surface area contributed by atoms with Crippen LogP contribution >= 0.6 is 22.9 Å². The van der Waals surface area contributed by atoms with Crippen LogP contribution in [0.2, 0.25) is 5.02 Å². The fraction of sp³-hybridized carbons (Fsp3) is 0.435. The van der Waals surface area contributed by atoms with Crippen LogP contribution in [0.15, 0.2) is 40.0 Å². The number of aromatic nitrogens is 1. The molecule has 1 aliphatic heterocycles. The van der Waals surface area contributed by atoms with E-state index in [-0.39, 0.29) is 28.9 Å². The van der Waals surface area contributed by atoms with Gasteiger partial charge in [0.2, 0.25) is 10.0 Å². The Bertz CT molecular complexity index is 1320. The monoisotopic (exact) mass is 558 g/mol. The number of carboxylic acids is 1. The molecule has 0 radical (unpaired) electrons. The molecule has 1 saturated carbocycles. The first-order chi connectivity index (χ1) is 17.0. The largest absolute Gasteiger partial charge is 0.478 e. The molecule has 4 rings (SSSR count). The zero-order valence-electron chi connectivity index (χ0n) is 19.5. The van der Waals surface area contributed by atoms with E-state index in [2.05, 4.69) is 20.0 Å². The third kappa shape index (κ3) is 5.31. The van der Waals surface area contributed by atoms with E-state index in [4.69, 9.17) is 11.6 Å². The van der Waals surface area contributed by atoms with E-state index < -0.39 is 43.9 Å². The maximum atomic E-state index is 14.3. The number of allylic oxidation sites excluding steroid dienone is 1. The van der Waals surface area contributed by atoms with E-state index in [1.54, 1.807) is 25.4 Å². The zero-order chi connectivity index (χ0) is 26.2. The number of halogens is 3. The molecular weight excluding hydrogens is 534 g/mol. The minimum absolute atomic E-state index is 0.0124. The first-order valence-electron chi connectivity index (χ1n) is 11.4. The number of benzene rings is 1. The topological polar surface area (TPSA) is 121 Å². The quantitative estimate of drug-likeness (QED) is 0.433. The second-order valence-electron chi connectivity index (χ2n) is 9.03. The highest BCUT2D eigenvalue weighted by Crippen LogP contribution is 2.42. The second-order valence-corrected chi connectivity index (χ2v) is 12.3. The van der Waals surface area contributed by atoms with Gasteiger partial charge in [-0.15, -0.1) is 11.3 Å². The number of aliphatic carboxylic acids is 1. The van der Waals surface area contributed by atoms with Gasteiger partial charge in [0.15, 0.2) is 22.5 Å². The molecule has 1 aliphatic carbocycles. The van der Waals surface area contributed by atoms with E-state index in [0.717, 1.165) is 6.07 Å². The smallest absolute Gasteiger partial charge is 0.335 e. The molecule has 1 atom stereocenters. The molecule has 0 amide bonds. The van der Waals surface area contributed by atoms with Gasteiger partial charge in [-0.05, 0) is 51.5 Å². The summed E-state index contributed by atoms with van der Waals surface area (Å²) in [4.78, 5) is 21.2. The van der Waals surface area contributed by atoms with Gasteiger partial charge in [-0.2, -0.15) is 0 Å². The molecule has 194 valence electrons. The highest BCUT2D eigenvalue weighted by atomic mass is 35.5. The van der Waals surface area contributed by atoms with E-state index in [9.17, 15) is 27.1 Å². The molecule has 13 heteroatoms. The molecule has 0 bridgehead atoms. The summed E-state index contributed by atoms with van der Waals surface area (Å²) >= 11 is 7.39. The summed E-state index contributed by atoms with van der Waals surface area (Å²) in [5, 5.41) is 14.4. The Morgan fingerprint density at radius 3 is 2.53 bits per heavy atom. The van der Waals surface area contributed by atoms with Crippen LogP contribution in [0.25, 0.3) is 0 Å². The van der Waals surface area contributed by atoms with Crippen molar-refractivity contribution < 1.29 is 27.1 Å². The molecule has 0 spiro atoms. The minimum atomic E-state index is -3.51. The highest BCUT2D eigenvalue weighted by Gasteiger charge is 2.39. The lowest BCUT2D eigenvalue weighted by Crippen LogP contribution is -2.42. The number of hydrogen-bond acceptors (Lipinski definition) is 7. The molecule has 0 saturated heterocycles. The molecule has 2 aromatic rings. The third-order valence-electron chi connectivity index (χ3n) is 6.22. The lowest BCUT2D eigenvalue weighted by molar-refractivity contribution is -0.133. The van der Waals surface area contributed by atoms with Crippen LogP contribution in [0.5, 0.6) is 0 Å². The summed E-state index contributed by atoms with van der Waals surface area (Å²) in [6, 6.07) is 0.659. The van der Waals surface area contributed by atoms with Crippen LogP contribution in [0, 0.1) is 17.6 Å². The van der Waals surface area contributed by atoms with Gasteiger partial charge in [-0.3, -0.25) is 4.99 Å². The molecule has 2 aliphatic rings. The summed E-state index contributed by atoms with van der Waals surface area (Å²) < 4.78 is 56.0. The lowest BCUT2D eigenvalue weighted by Gasteiger charge is -2.34. The van der Waals surface area contributed by atoms with Gasteiger partial charge in [-0.25, -0.2) is 31.7 Å². The number of carboxylic acid groups (broad SMARTS) is 1. The average Bonchev–Trinajstić information content (AvgIpc) is 3.36. The normalized spacial score (nSPS) is 22.9. The van der Waals surface area contributed by atoms with Crippen molar-refractivity contribution in [1.29, 1.82) is 0 Å². The summed E-state index contributed by atoms with van der Waals surface area (Å²) in [5.41, 5.74) is 0.217. The molecule has 1 fully saturated rings. The van der Waals surface area contributed by atoms with E-state index in [1.807, 2.05) is 0 Å². The van der Waals surface area contributed by atoms with Crippen molar-refractivity contribution in [2.24, 2.45) is 10.9 Å². The lowest BCUT2D eigenvalue weighted by atomic mass is 9.82. The molecular formula is C23H25ClF2N4O4S2. The maximum Gasteiger partial charge on any atom is 0.335 e. The minimum Gasteiger partial charge on any atom is -0.478 e. The first kappa shape index (κ1) is 26.6. The third-order valence-corrected chi connectivity index (χ3v) is 9.53. The van der Waals surface area contributed by atoms with Crippen LogP contribution in [0.1, 0.15) is 56.1 Å². The Labute approximate surface area is 216 Å². The van der Waals surface area contributed by atoms with Crippen LogP contribution < -0.4 is 10.0 Å². The van der Waals surface area contributed by atoms with Gasteiger partial charge < -0.3 is 10.4 Å². The van der Waals surface area contributed by atoms with E-state index >= 15 is 0 Å². The highest BCUT2D eigenvalue weighted by molar-refractivity contribution is 7.90. The maximum absolute atomic E-state index is 14.3. The van der Waals surface area contributed by atoms with Gasteiger partial charge in [-0.1, -0.05) is 17.7 Å². The molecule has 1 aromatic carbocycles. The van der Waals surface area contributed by atoms with Crippen LogP contribution in [-0.2, 0) is 14.8 Å². The van der Waals surface area contributed by atoms with Crippen LogP contribution in [0.3, 0.4) is 0 Å². The predicted molar refractivity (Wildman–Crippen MR) is 133 cm³/mol. The first-order valence-corrected chi connectivity index (χ1v) is 14.2. The van der Waals surface area contributed by atoms with Crippen molar-refractivity contribution >= 4 is 44.8 Å². The van der Waals surface area contributed by atoms with Crippen molar-refractivity contribution in [2.75, 3.05) is 0 Å². The van der Waals surface area contributed by atoms with E-state index in [1.165, 1.54) is 17.4 Å². The molecule has 36 heavy (non-hydrogen) atoms. The average molecular weight is 559 g/mol. The Kier molecular flexibility index (Phi) is 7.79. The number of nitrogens with zero attached hydrogens (tertiary/aromatic N) is 2. The summed E-state index contributed by atoms with van der Waals surface area (Å²) in [5.74, 6) is -3.77. The number of thiazole rings is 1. The van der Waals surface area contributed by atoms with Gasteiger partial charge in [0.05, 0.1) is 15.8 Å². The number of sulfonamides is 1. The van der Waals surface area contributed by atoms with Crippen molar-refractivity contribution in [2.45, 2.75) is 56.9 Å². The fourth-order valence-electron chi connectivity index (χ4n) is 4.63. The molecule has 2 heterocycles. The van der Waals surface area contributed by atoms with Crippen LogP contribution in [0.4, 0.5) is 8.78 Å². The van der Waals surface area contributed by atoms with Gasteiger partial charge in [0.1, 0.15) is 6.04 Å². The molecule has 3 N–H and O–H groups in total. The van der Waals surface area contributed by atoms with E-state index in [0.29, 0.717) is 36.4 Å². The predicted octanol–water partition coefficient (Wildman–Crippen LogP) is 4.39. The molecule has 1 unspecified atom stereocenters. The zero-order valence-corrected chi connectivity index (χ0v) is 21.9. The summed E-state index contributed by atoms with van der Waals surface area (Å²) in [6.45, 7) is 3.50. The molecule has 1 aromatic heterocycles. The Hall–Kier alpha value is -2.41. The number of hydrogen-bond donors (Lipinski definition) is 3. The van der Waals surface area contributed by atoms with Crippen molar-refractivity contribution in [3.63, 3.8) is 0 Å². The number of rotatable bonds is 7. The Morgan fingerprint density at radius 1 is 1.25 bits per heavy atom. The molecule has 8 nitrogen and oxygen atoms in total. The summed E-state index contributed by atoms with van der Waals surface area (Å²) in [7, 11) is -3.51. The Balaban J connectivity index is 1.74. The SMILES string of the molecule is CC(C)NS(=O)(=O)C1CCC(C2=C(C(=O)O)C(c3ccc(F)c(F)c3Cl)N=C(c3nccs3)N2)CC1. The van der Waals surface area contributed by atoms with Crippen molar-refractivity contribution in [1.82, 2.24) is 15.0 Å². The van der Waals surface area contributed by atoms with Gasteiger partial charge in [0, 0.05) is 28.9 Å². The van der Waals surface area contributed by atoms with Crippen molar-refractivity contribution in [3.05, 3.63) is 62.2 Å². The van der Waals surface area contributed by atoms with Gasteiger partial charge >= 0.3 is 5.97 Å². The second kappa shape index (κ2) is 10.5. The fourth-order valence-corrected chi connectivity index (χ4v) is 7.22. The van der Waals surface area contributed by atoms with Crippen LogP contribution in [-0.4, -0.2) is 41.6 Å². The summed E-state index contributed by atoms with van der Waals surface area (Å²) in [6.07, 6.45) is 3.06. The van der Waals surface area contributed by atoms with Gasteiger partial charge in [0.25, 0.3) is 0 Å². The number of nitrogens with one attached hydrogen (secondary N) is 2. The number of amidine groups is 1.